The zero-order chi connectivity index (χ0) is 11.9. The van der Waals surface area contributed by atoms with Gasteiger partial charge in [-0.05, 0) is 43.8 Å². The second-order valence-electron chi connectivity index (χ2n) is 3.86. The molecule has 0 radical (unpaired) electrons. The fourth-order valence-corrected chi connectivity index (χ4v) is 2.57. The second-order valence-corrected chi connectivity index (χ2v) is 4.98. The molecule has 1 N–H and O–H groups in total. The molecule has 0 spiro atoms. The SMILES string of the molecule is CNCCC=Cc1ccc(-c2ccccc2)s1. The molecule has 0 saturated heterocycles. The molecule has 0 aliphatic heterocycles. The van der Waals surface area contributed by atoms with Crippen molar-refractivity contribution >= 4 is 17.4 Å². The van der Waals surface area contributed by atoms with E-state index in [9.17, 15) is 0 Å². The van der Waals surface area contributed by atoms with Crippen molar-refractivity contribution in [1.82, 2.24) is 5.32 Å². The maximum atomic E-state index is 3.14. The van der Waals surface area contributed by atoms with Gasteiger partial charge in [0, 0.05) is 9.75 Å². The lowest BCUT2D eigenvalue weighted by atomic mass is 10.2. The van der Waals surface area contributed by atoms with Gasteiger partial charge < -0.3 is 5.32 Å². The van der Waals surface area contributed by atoms with Gasteiger partial charge in [0.2, 0.25) is 0 Å². The van der Waals surface area contributed by atoms with Crippen LogP contribution in [-0.4, -0.2) is 13.6 Å². The Hall–Kier alpha value is -1.38. The predicted octanol–water partition coefficient (Wildman–Crippen LogP) is 4.04. The van der Waals surface area contributed by atoms with Gasteiger partial charge in [-0.2, -0.15) is 0 Å². The third-order valence-electron chi connectivity index (χ3n) is 2.53. The van der Waals surface area contributed by atoms with Gasteiger partial charge in [-0.1, -0.05) is 36.4 Å². The standard InChI is InChI=1S/C15H17NS/c1-16-12-6-5-9-14-10-11-15(17-14)13-7-3-2-4-8-13/h2-5,7-11,16H,6,12H2,1H3. The molecule has 0 aliphatic carbocycles. The van der Waals surface area contributed by atoms with Crippen LogP contribution in [0, 0.1) is 0 Å². The third kappa shape index (κ3) is 3.55. The summed E-state index contributed by atoms with van der Waals surface area (Å²) >= 11 is 1.84. The Labute approximate surface area is 107 Å². The molecule has 1 heterocycles. The minimum absolute atomic E-state index is 1.04. The molecular formula is C15H17NS. The number of hydrogen-bond acceptors (Lipinski definition) is 2. The van der Waals surface area contributed by atoms with Crippen molar-refractivity contribution in [2.45, 2.75) is 6.42 Å². The van der Waals surface area contributed by atoms with Crippen molar-refractivity contribution in [1.29, 1.82) is 0 Å². The normalized spacial score (nSPS) is 11.1. The average Bonchev–Trinajstić information content (AvgIpc) is 2.85. The highest BCUT2D eigenvalue weighted by Crippen LogP contribution is 2.28. The van der Waals surface area contributed by atoms with Crippen molar-refractivity contribution in [3.63, 3.8) is 0 Å². The number of thiophene rings is 1. The summed E-state index contributed by atoms with van der Waals surface area (Å²) < 4.78 is 0. The van der Waals surface area contributed by atoms with Crippen molar-refractivity contribution in [3.05, 3.63) is 53.4 Å². The van der Waals surface area contributed by atoms with E-state index in [4.69, 9.17) is 0 Å². The molecule has 2 aromatic rings. The zero-order valence-corrected chi connectivity index (χ0v) is 10.8. The van der Waals surface area contributed by atoms with Crippen LogP contribution in [0.15, 0.2) is 48.5 Å². The smallest absolute Gasteiger partial charge is 0.0349 e. The van der Waals surface area contributed by atoms with E-state index in [0.717, 1.165) is 13.0 Å². The molecule has 0 atom stereocenters. The van der Waals surface area contributed by atoms with Gasteiger partial charge in [0.25, 0.3) is 0 Å². The van der Waals surface area contributed by atoms with E-state index in [1.807, 2.05) is 18.4 Å². The van der Waals surface area contributed by atoms with Crippen LogP contribution in [0.4, 0.5) is 0 Å². The molecule has 1 nitrogen and oxygen atoms in total. The maximum Gasteiger partial charge on any atom is 0.0349 e. The first-order chi connectivity index (χ1) is 8.40. The van der Waals surface area contributed by atoms with E-state index in [0.29, 0.717) is 0 Å². The first kappa shape index (κ1) is 12.1. The van der Waals surface area contributed by atoms with E-state index in [2.05, 4.69) is 59.9 Å². The Morgan fingerprint density at radius 2 is 1.94 bits per heavy atom. The highest BCUT2D eigenvalue weighted by Gasteiger charge is 1.99. The first-order valence-corrected chi connectivity index (χ1v) is 6.68. The van der Waals surface area contributed by atoms with Gasteiger partial charge >= 0.3 is 0 Å². The molecule has 1 aromatic carbocycles. The fourth-order valence-electron chi connectivity index (χ4n) is 1.63. The van der Waals surface area contributed by atoms with E-state index in [1.54, 1.807) is 0 Å². The number of nitrogens with one attached hydrogen (secondary N) is 1. The summed E-state index contributed by atoms with van der Waals surface area (Å²) in [5.74, 6) is 0. The van der Waals surface area contributed by atoms with Gasteiger partial charge in [0.05, 0.1) is 0 Å². The quantitative estimate of drug-likeness (QED) is 0.782. The lowest BCUT2D eigenvalue weighted by Gasteiger charge is -1.94. The highest BCUT2D eigenvalue weighted by atomic mass is 32.1. The van der Waals surface area contributed by atoms with Crippen LogP contribution < -0.4 is 5.32 Å². The molecule has 1 aromatic heterocycles. The van der Waals surface area contributed by atoms with E-state index in [-0.39, 0.29) is 0 Å². The highest BCUT2D eigenvalue weighted by molar-refractivity contribution is 7.16. The van der Waals surface area contributed by atoms with E-state index >= 15 is 0 Å². The van der Waals surface area contributed by atoms with Crippen LogP contribution in [0.5, 0.6) is 0 Å². The minimum Gasteiger partial charge on any atom is -0.319 e. The molecule has 0 unspecified atom stereocenters. The van der Waals surface area contributed by atoms with Crippen LogP contribution in [-0.2, 0) is 0 Å². The summed E-state index contributed by atoms with van der Waals surface area (Å²) in [5.41, 5.74) is 1.30. The van der Waals surface area contributed by atoms with Gasteiger partial charge in [-0.15, -0.1) is 11.3 Å². The fraction of sp³-hybridized carbons (Fsp3) is 0.200. The molecule has 0 fully saturated rings. The monoisotopic (exact) mass is 243 g/mol. The molecule has 0 aliphatic rings. The average molecular weight is 243 g/mol. The molecule has 88 valence electrons. The van der Waals surface area contributed by atoms with Gasteiger partial charge in [-0.3, -0.25) is 0 Å². The predicted molar refractivity (Wildman–Crippen MR) is 77.3 cm³/mol. The van der Waals surface area contributed by atoms with Crippen LogP contribution in [0.1, 0.15) is 11.3 Å². The third-order valence-corrected chi connectivity index (χ3v) is 3.63. The zero-order valence-electron chi connectivity index (χ0n) is 10.0. The molecule has 17 heavy (non-hydrogen) atoms. The van der Waals surface area contributed by atoms with Crippen LogP contribution in [0.2, 0.25) is 0 Å². The second kappa shape index (κ2) is 6.38. The first-order valence-electron chi connectivity index (χ1n) is 5.86. The molecule has 0 amide bonds. The summed E-state index contributed by atoms with van der Waals surface area (Å²) in [7, 11) is 1.98. The Morgan fingerprint density at radius 1 is 1.12 bits per heavy atom. The van der Waals surface area contributed by atoms with Crippen molar-refractivity contribution in [2.75, 3.05) is 13.6 Å². The molecule has 2 heteroatoms. The maximum absolute atomic E-state index is 3.14. The molecular weight excluding hydrogens is 226 g/mol. The molecule has 2 rings (SSSR count). The van der Waals surface area contributed by atoms with Crippen molar-refractivity contribution in [3.8, 4) is 10.4 Å². The summed E-state index contributed by atoms with van der Waals surface area (Å²) in [6.07, 6.45) is 5.50. The van der Waals surface area contributed by atoms with Crippen molar-refractivity contribution < 1.29 is 0 Å². The Balaban J connectivity index is 2.04. The Bertz CT molecular complexity index is 471. The summed E-state index contributed by atoms with van der Waals surface area (Å²) in [6.45, 7) is 1.04. The Morgan fingerprint density at radius 3 is 2.71 bits per heavy atom. The van der Waals surface area contributed by atoms with Crippen LogP contribution in [0.3, 0.4) is 0 Å². The summed E-state index contributed by atoms with van der Waals surface area (Å²) in [4.78, 5) is 2.65. The topological polar surface area (TPSA) is 12.0 Å². The lowest BCUT2D eigenvalue weighted by Crippen LogP contribution is -2.05. The van der Waals surface area contributed by atoms with Gasteiger partial charge in [-0.25, -0.2) is 0 Å². The summed E-state index contributed by atoms with van der Waals surface area (Å²) in [5, 5.41) is 3.14. The number of rotatable bonds is 5. The van der Waals surface area contributed by atoms with Crippen LogP contribution >= 0.6 is 11.3 Å². The Kier molecular flexibility index (Phi) is 4.54. The largest absolute Gasteiger partial charge is 0.319 e. The molecule has 0 bridgehead atoms. The van der Waals surface area contributed by atoms with E-state index < -0.39 is 0 Å². The molecule has 0 saturated carbocycles. The van der Waals surface area contributed by atoms with Gasteiger partial charge in [0.1, 0.15) is 0 Å². The van der Waals surface area contributed by atoms with Gasteiger partial charge in [0.15, 0.2) is 0 Å². The minimum atomic E-state index is 1.04. The summed E-state index contributed by atoms with van der Waals surface area (Å²) in [6, 6.07) is 14.9. The number of hydrogen-bond donors (Lipinski definition) is 1. The van der Waals surface area contributed by atoms with E-state index in [1.165, 1.54) is 15.3 Å². The number of benzene rings is 1. The van der Waals surface area contributed by atoms with Crippen molar-refractivity contribution in [2.24, 2.45) is 0 Å². The van der Waals surface area contributed by atoms with Crippen LogP contribution in [0.25, 0.3) is 16.5 Å². The lowest BCUT2D eigenvalue weighted by molar-refractivity contribution is 0.809.